The summed E-state index contributed by atoms with van der Waals surface area (Å²) < 4.78 is 11.6. The molecule has 1 aliphatic carbocycles. The zero-order valence-corrected chi connectivity index (χ0v) is 12.1. The molecule has 0 radical (unpaired) electrons. The predicted molar refractivity (Wildman–Crippen MR) is 74.6 cm³/mol. The molecule has 1 aliphatic heterocycles. The van der Waals surface area contributed by atoms with Crippen molar-refractivity contribution in [1.82, 2.24) is 0 Å². The van der Waals surface area contributed by atoms with Gasteiger partial charge in [0, 0.05) is 12.8 Å². The Kier molecular flexibility index (Phi) is 5.97. The molecular weight excluding hydrogens is 224 g/mol. The first-order chi connectivity index (χ1) is 8.85. The minimum Gasteiger partial charge on any atom is -0.348 e. The van der Waals surface area contributed by atoms with Gasteiger partial charge in [0.2, 0.25) is 0 Å². The molecule has 2 fully saturated rings. The summed E-state index contributed by atoms with van der Waals surface area (Å²) in [5.41, 5.74) is 0. The van der Waals surface area contributed by atoms with Crippen LogP contribution in [0.25, 0.3) is 0 Å². The fraction of sp³-hybridized carbons (Fsp3) is 1.00. The largest absolute Gasteiger partial charge is 0.348 e. The lowest BCUT2D eigenvalue weighted by molar-refractivity contribution is -0.182. The van der Waals surface area contributed by atoms with E-state index in [2.05, 4.69) is 6.92 Å². The van der Waals surface area contributed by atoms with Crippen LogP contribution in [0.5, 0.6) is 0 Å². The molecule has 18 heavy (non-hydrogen) atoms. The van der Waals surface area contributed by atoms with Crippen LogP contribution >= 0.6 is 0 Å². The third kappa shape index (κ3) is 4.24. The standard InChI is InChI=1S/C16H30O2/c1-2-3-4-5-6-7-8-15-9-11-16(12-10-15)17-13-14-18-16/h15H,2-14H2,1H3. The highest BCUT2D eigenvalue weighted by Gasteiger charge is 2.39. The molecule has 0 aromatic rings. The molecule has 2 heteroatoms. The van der Waals surface area contributed by atoms with Gasteiger partial charge in [-0.05, 0) is 18.8 Å². The van der Waals surface area contributed by atoms with Crippen molar-refractivity contribution in [3.8, 4) is 0 Å². The molecule has 106 valence electrons. The Morgan fingerprint density at radius 1 is 0.889 bits per heavy atom. The zero-order chi connectivity index (χ0) is 12.7. The van der Waals surface area contributed by atoms with Crippen LogP contribution in [0.1, 0.15) is 77.6 Å². The van der Waals surface area contributed by atoms with E-state index < -0.39 is 0 Å². The van der Waals surface area contributed by atoms with E-state index in [1.165, 1.54) is 57.8 Å². The minimum absolute atomic E-state index is 0.155. The number of hydrogen-bond acceptors (Lipinski definition) is 2. The third-order valence-corrected chi connectivity index (χ3v) is 4.65. The third-order valence-electron chi connectivity index (χ3n) is 4.65. The SMILES string of the molecule is CCCCCCCCC1CCC2(CC1)OCCO2. The second-order valence-corrected chi connectivity index (χ2v) is 6.11. The van der Waals surface area contributed by atoms with Gasteiger partial charge in [-0.25, -0.2) is 0 Å². The Bertz CT molecular complexity index is 211. The van der Waals surface area contributed by atoms with Crippen molar-refractivity contribution in [3.05, 3.63) is 0 Å². The summed E-state index contributed by atoms with van der Waals surface area (Å²) in [5, 5.41) is 0. The molecule has 1 saturated heterocycles. The Balaban J connectivity index is 1.51. The lowest BCUT2D eigenvalue weighted by Gasteiger charge is -2.35. The maximum atomic E-state index is 5.78. The molecule has 0 atom stereocenters. The Morgan fingerprint density at radius 3 is 2.17 bits per heavy atom. The van der Waals surface area contributed by atoms with Gasteiger partial charge in [-0.2, -0.15) is 0 Å². The molecule has 2 nitrogen and oxygen atoms in total. The van der Waals surface area contributed by atoms with Gasteiger partial charge in [-0.3, -0.25) is 0 Å². The van der Waals surface area contributed by atoms with E-state index in [4.69, 9.17) is 9.47 Å². The van der Waals surface area contributed by atoms with Gasteiger partial charge in [-0.1, -0.05) is 51.9 Å². The molecule has 0 N–H and O–H groups in total. The van der Waals surface area contributed by atoms with Gasteiger partial charge in [0.25, 0.3) is 0 Å². The first kappa shape index (κ1) is 14.3. The molecule has 2 rings (SSSR count). The van der Waals surface area contributed by atoms with Crippen LogP contribution in [0.2, 0.25) is 0 Å². The number of rotatable bonds is 7. The quantitative estimate of drug-likeness (QED) is 0.615. The monoisotopic (exact) mass is 254 g/mol. The number of hydrogen-bond donors (Lipinski definition) is 0. The Labute approximate surface area is 112 Å². The van der Waals surface area contributed by atoms with Crippen molar-refractivity contribution in [2.24, 2.45) is 5.92 Å². The molecule has 1 spiro atoms. The second-order valence-electron chi connectivity index (χ2n) is 6.11. The van der Waals surface area contributed by atoms with E-state index in [0.29, 0.717) is 0 Å². The van der Waals surface area contributed by atoms with E-state index >= 15 is 0 Å². The summed E-state index contributed by atoms with van der Waals surface area (Å²) in [5.74, 6) is 0.784. The molecule has 1 saturated carbocycles. The van der Waals surface area contributed by atoms with Crippen molar-refractivity contribution in [2.45, 2.75) is 83.3 Å². The summed E-state index contributed by atoms with van der Waals surface area (Å²) in [6.45, 7) is 3.90. The van der Waals surface area contributed by atoms with Crippen LogP contribution in [0.3, 0.4) is 0 Å². The van der Waals surface area contributed by atoms with Crippen LogP contribution in [0.15, 0.2) is 0 Å². The van der Waals surface area contributed by atoms with Crippen LogP contribution in [-0.4, -0.2) is 19.0 Å². The fourth-order valence-electron chi connectivity index (χ4n) is 3.41. The predicted octanol–water partition coefficient (Wildman–Crippen LogP) is 4.67. The average Bonchev–Trinajstić information content (AvgIpc) is 2.85. The lowest BCUT2D eigenvalue weighted by atomic mass is 9.82. The number of unbranched alkanes of at least 4 members (excludes halogenated alkanes) is 5. The maximum Gasteiger partial charge on any atom is 0.168 e. The summed E-state index contributed by atoms with van der Waals surface area (Å²) >= 11 is 0. The average molecular weight is 254 g/mol. The van der Waals surface area contributed by atoms with Crippen molar-refractivity contribution >= 4 is 0 Å². The van der Waals surface area contributed by atoms with Gasteiger partial charge in [-0.15, -0.1) is 0 Å². The first-order valence-corrected chi connectivity index (χ1v) is 8.12. The van der Waals surface area contributed by atoms with Gasteiger partial charge in [0.1, 0.15) is 0 Å². The molecular formula is C16H30O2. The van der Waals surface area contributed by atoms with Crippen molar-refractivity contribution < 1.29 is 9.47 Å². The molecule has 1 heterocycles. The molecule has 2 aliphatic rings. The van der Waals surface area contributed by atoms with Crippen LogP contribution in [-0.2, 0) is 9.47 Å². The Hall–Kier alpha value is -0.0800. The summed E-state index contributed by atoms with van der Waals surface area (Å²) in [6, 6.07) is 0. The second kappa shape index (κ2) is 7.49. The van der Waals surface area contributed by atoms with E-state index in [-0.39, 0.29) is 5.79 Å². The van der Waals surface area contributed by atoms with E-state index in [0.717, 1.165) is 32.0 Å². The van der Waals surface area contributed by atoms with Crippen LogP contribution in [0, 0.1) is 5.92 Å². The van der Waals surface area contributed by atoms with Gasteiger partial charge in [0.15, 0.2) is 5.79 Å². The topological polar surface area (TPSA) is 18.5 Å². The zero-order valence-electron chi connectivity index (χ0n) is 12.1. The van der Waals surface area contributed by atoms with Gasteiger partial charge >= 0.3 is 0 Å². The molecule has 0 unspecified atom stereocenters. The highest BCUT2D eigenvalue weighted by Crippen LogP contribution is 2.39. The van der Waals surface area contributed by atoms with Crippen LogP contribution in [0.4, 0.5) is 0 Å². The van der Waals surface area contributed by atoms with Crippen molar-refractivity contribution in [1.29, 1.82) is 0 Å². The highest BCUT2D eigenvalue weighted by molar-refractivity contribution is 4.82. The Morgan fingerprint density at radius 2 is 1.50 bits per heavy atom. The lowest BCUT2D eigenvalue weighted by Crippen LogP contribution is -2.35. The fourth-order valence-corrected chi connectivity index (χ4v) is 3.41. The van der Waals surface area contributed by atoms with Gasteiger partial charge in [0.05, 0.1) is 13.2 Å². The van der Waals surface area contributed by atoms with Crippen LogP contribution < -0.4 is 0 Å². The molecule has 0 bridgehead atoms. The van der Waals surface area contributed by atoms with E-state index in [1.807, 2.05) is 0 Å². The smallest absolute Gasteiger partial charge is 0.168 e. The van der Waals surface area contributed by atoms with E-state index in [1.54, 1.807) is 0 Å². The van der Waals surface area contributed by atoms with Gasteiger partial charge < -0.3 is 9.47 Å². The first-order valence-electron chi connectivity index (χ1n) is 8.12. The van der Waals surface area contributed by atoms with E-state index in [9.17, 15) is 0 Å². The molecule has 0 amide bonds. The van der Waals surface area contributed by atoms with Crippen molar-refractivity contribution in [3.63, 3.8) is 0 Å². The highest BCUT2D eigenvalue weighted by atomic mass is 16.7. The summed E-state index contributed by atoms with van der Waals surface area (Å²) in [7, 11) is 0. The summed E-state index contributed by atoms with van der Waals surface area (Å²) in [6.07, 6.45) is 14.8. The number of ether oxygens (including phenoxy) is 2. The van der Waals surface area contributed by atoms with Crippen molar-refractivity contribution in [2.75, 3.05) is 13.2 Å². The minimum atomic E-state index is -0.155. The molecule has 0 aromatic heterocycles. The normalized spacial score (nSPS) is 23.8. The maximum absolute atomic E-state index is 5.78. The molecule has 0 aromatic carbocycles. The summed E-state index contributed by atoms with van der Waals surface area (Å²) in [4.78, 5) is 0.